The number of unbranched alkanes of at least 4 members (excludes halogenated alkanes) is 5. The highest BCUT2D eigenvalue weighted by atomic mass is 16.6. The van der Waals surface area contributed by atoms with Gasteiger partial charge in [-0.1, -0.05) is 38.8 Å². The van der Waals surface area contributed by atoms with Crippen molar-refractivity contribution in [1.82, 2.24) is 0 Å². The number of ether oxygens (including phenoxy) is 4. The maximum Gasteiger partial charge on any atom is 0.333 e. The zero-order chi connectivity index (χ0) is 22.8. The molecule has 0 radical (unpaired) electrons. The van der Waals surface area contributed by atoms with E-state index < -0.39 is 24.1 Å². The number of carbonyl (C=O) groups is 2. The minimum Gasteiger partial charge on any atom is -0.460 e. The summed E-state index contributed by atoms with van der Waals surface area (Å²) < 4.78 is 20.4. The van der Waals surface area contributed by atoms with Crippen LogP contribution in [0.2, 0.25) is 0 Å². The summed E-state index contributed by atoms with van der Waals surface area (Å²) in [5, 5.41) is 19.3. The van der Waals surface area contributed by atoms with E-state index in [-0.39, 0.29) is 26.4 Å². The van der Waals surface area contributed by atoms with E-state index in [1.165, 1.54) is 0 Å². The summed E-state index contributed by atoms with van der Waals surface area (Å²) in [4.78, 5) is 22.4. The smallest absolute Gasteiger partial charge is 0.333 e. The fourth-order valence-electron chi connectivity index (χ4n) is 2.24. The van der Waals surface area contributed by atoms with Crippen LogP contribution in [0.4, 0.5) is 0 Å². The zero-order valence-electron chi connectivity index (χ0n) is 18.4. The molecule has 174 valence electrons. The van der Waals surface area contributed by atoms with E-state index >= 15 is 0 Å². The average molecular weight is 431 g/mol. The van der Waals surface area contributed by atoms with Crippen molar-refractivity contribution in [2.45, 2.75) is 64.6 Å². The summed E-state index contributed by atoms with van der Waals surface area (Å²) in [7, 11) is 0. The van der Waals surface area contributed by atoms with Crippen molar-refractivity contribution < 1.29 is 38.7 Å². The molecule has 2 unspecified atom stereocenters. The minimum atomic E-state index is -0.829. The van der Waals surface area contributed by atoms with Gasteiger partial charge in [0.05, 0.1) is 13.2 Å². The van der Waals surface area contributed by atoms with E-state index in [2.05, 4.69) is 13.2 Å². The van der Waals surface area contributed by atoms with Gasteiger partial charge in [0.25, 0.3) is 0 Å². The van der Waals surface area contributed by atoms with Crippen molar-refractivity contribution in [2.24, 2.45) is 0 Å². The highest BCUT2D eigenvalue weighted by Crippen LogP contribution is 2.06. The van der Waals surface area contributed by atoms with Crippen molar-refractivity contribution in [2.75, 3.05) is 39.6 Å². The van der Waals surface area contributed by atoms with Crippen LogP contribution in [0.5, 0.6) is 0 Å². The molecule has 2 N–H and O–H groups in total. The predicted molar refractivity (Wildman–Crippen MR) is 113 cm³/mol. The second-order valence-corrected chi connectivity index (χ2v) is 7.34. The first-order valence-corrected chi connectivity index (χ1v) is 10.4. The van der Waals surface area contributed by atoms with E-state index in [1.54, 1.807) is 13.8 Å². The zero-order valence-corrected chi connectivity index (χ0v) is 18.4. The quantitative estimate of drug-likeness (QED) is 0.182. The molecule has 0 aromatic carbocycles. The molecule has 0 amide bonds. The molecule has 0 saturated heterocycles. The first-order valence-electron chi connectivity index (χ1n) is 10.4. The Morgan fingerprint density at radius 2 is 1.00 bits per heavy atom. The Kier molecular flexibility index (Phi) is 17.0. The van der Waals surface area contributed by atoms with Crippen molar-refractivity contribution in [3.8, 4) is 0 Å². The van der Waals surface area contributed by atoms with E-state index in [4.69, 9.17) is 18.9 Å². The van der Waals surface area contributed by atoms with Crippen LogP contribution < -0.4 is 0 Å². The third kappa shape index (κ3) is 17.1. The molecule has 0 aromatic heterocycles. The number of hydrogen-bond acceptors (Lipinski definition) is 8. The molecular weight excluding hydrogens is 392 g/mol. The SMILES string of the molecule is C=C(C)C(=O)OCC(O)COCCCCCCCCOCC(O)COC(=O)C(=C)C. The van der Waals surface area contributed by atoms with Gasteiger partial charge >= 0.3 is 11.9 Å². The van der Waals surface area contributed by atoms with Crippen LogP contribution in [0.3, 0.4) is 0 Å². The number of aliphatic hydroxyl groups is 2. The van der Waals surface area contributed by atoms with Gasteiger partial charge in [0.1, 0.15) is 25.4 Å². The van der Waals surface area contributed by atoms with Gasteiger partial charge in [-0.15, -0.1) is 0 Å². The van der Waals surface area contributed by atoms with Crippen LogP contribution >= 0.6 is 0 Å². The molecular formula is C22H38O8. The van der Waals surface area contributed by atoms with Gasteiger partial charge in [-0.3, -0.25) is 0 Å². The van der Waals surface area contributed by atoms with Crippen LogP contribution in [0, 0.1) is 0 Å². The average Bonchev–Trinajstić information content (AvgIpc) is 2.70. The highest BCUT2D eigenvalue weighted by Gasteiger charge is 2.10. The molecule has 30 heavy (non-hydrogen) atoms. The fourth-order valence-corrected chi connectivity index (χ4v) is 2.24. The third-order valence-corrected chi connectivity index (χ3v) is 3.96. The van der Waals surface area contributed by atoms with Crippen LogP contribution in [0.1, 0.15) is 52.4 Å². The Morgan fingerprint density at radius 1 is 0.667 bits per heavy atom. The van der Waals surface area contributed by atoms with Gasteiger partial charge in [0.2, 0.25) is 0 Å². The van der Waals surface area contributed by atoms with Crippen LogP contribution in [-0.2, 0) is 28.5 Å². The minimum absolute atomic E-state index is 0.0928. The molecule has 8 heteroatoms. The molecule has 8 nitrogen and oxygen atoms in total. The molecule has 0 rings (SSSR count). The molecule has 0 fully saturated rings. The van der Waals surface area contributed by atoms with Crippen molar-refractivity contribution in [1.29, 1.82) is 0 Å². The molecule has 0 aromatic rings. The molecule has 0 spiro atoms. The largest absolute Gasteiger partial charge is 0.460 e. The summed E-state index contributed by atoms with van der Waals surface area (Å²) in [5.74, 6) is -1.03. The van der Waals surface area contributed by atoms with E-state index in [9.17, 15) is 19.8 Å². The molecule has 0 bridgehead atoms. The lowest BCUT2D eigenvalue weighted by Gasteiger charge is -2.12. The van der Waals surface area contributed by atoms with Gasteiger partial charge < -0.3 is 29.2 Å². The predicted octanol–water partition coefficient (Wildman–Crippen LogP) is 2.32. The third-order valence-electron chi connectivity index (χ3n) is 3.96. The number of aliphatic hydroxyl groups excluding tert-OH is 2. The van der Waals surface area contributed by atoms with Crippen molar-refractivity contribution in [3.63, 3.8) is 0 Å². The van der Waals surface area contributed by atoms with Gasteiger partial charge in [0.15, 0.2) is 0 Å². The second kappa shape index (κ2) is 18.1. The first kappa shape index (κ1) is 28.3. The monoisotopic (exact) mass is 430 g/mol. The van der Waals surface area contributed by atoms with Gasteiger partial charge in [0, 0.05) is 24.4 Å². The highest BCUT2D eigenvalue weighted by molar-refractivity contribution is 5.87. The Bertz CT molecular complexity index is 471. The summed E-state index contributed by atoms with van der Waals surface area (Å²) >= 11 is 0. The van der Waals surface area contributed by atoms with Crippen molar-refractivity contribution in [3.05, 3.63) is 24.3 Å². The molecule has 2 atom stereocenters. The summed E-state index contributed by atoms with van der Waals surface area (Å²) in [6.07, 6.45) is 4.40. The molecule has 0 aliphatic heterocycles. The summed E-state index contributed by atoms with van der Waals surface area (Å²) in [6.45, 7) is 11.2. The second-order valence-electron chi connectivity index (χ2n) is 7.34. The first-order chi connectivity index (χ1) is 14.2. The summed E-state index contributed by atoms with van der Waals surface area (Å²) in [6, 6.07) is 0. The Hall–Kier alpha value is -1.74. The topological polar surface area (TPSA) is 112 Å². The van der Waals surface area contributed by atoms with Crippen LogP contribution in [0.15, 0.2) is 24.3 Å². The normalized spacial score (nSPS) is 12.8. The van der Waals surface area contributed by atoms with Crippen molar-refractivity contribution >= 4 is 11.9 Å². The Labute approximate surface area is 179 Å². The molecule has 0 heterocycles. The van der Waals surface area contributed by atoms with Gasteiger partial charge in [-0.2, -0.15) is 0 Å². The molecule has 0 aliphatic carbocycles. The lowest BCUT2D eigenvalue weighted by molar-refractivity contribution is -0.143. The number of hydrogen-bond donors (Lipinski definition) is 2. The number of carbonyl (C=O) groups excluding carboxylic acids is 2. The Balaban J connectivity index is 3.36. The lowest BCUT2D eigenvalue weighted by atomic mass is 10.1. The Morgan fingerprint density at radius 3 is 1.33 bits per heavy atom. The summed E-state index contributed by atoms with van der Waals surface area (Å²) in [5.41, 5.74) is 0.600. The maximum absolute atomic E-state index is 11.2. The van der Waals surface area contributed by atoms with E-state index in [0.29, 0.717) is 24.4 Å². The molecule has 0 aliphatic rings. The number of esters is 2. The lowest BCUT2D eigenvalue weighted by Crippen LogP contribution is -2.24. The maximum atomic E-state index is 11.2. The standard InChI is InChI=1S/C22H38O8/c1-17(2)21(25)29-15-19(23)13-27-11-9-7-5-6-8-10-12-28-14-20(24)16-30-22(26)18(3)4/h19-20,23-24H,1,3,5-16H2,2,4H3. The van der Waals surface area contributed by atoms with E-state index in [0.717, 1.165) is 38.5 Å². The van der Waals surface area contributed by atoms with E-state index in [1.807, 2.05) is 0 Å². The van der Waals surface area contributed by atoms with Gasteiger partial charge in [-0.25, -0.2) is 9.59 Å². The fraction of sp³-hybridized carbons (Fsp3) is 0.727. The molecule has 0 saturated carbocycles. The van der Waals surface area contributed by atoms with Gasteiger partial charge in [-0.05, 0) is 26.7 Å². The van der Waals surface area contributed by atoms with Crippen LogP contribution in [-0.4, -0.2) is 74.0 Å². The van der Waals surface area contributed by atoms with Crippen LogP contribution in [0.25, 0.3) is 0 Å². The number of rotatable bonds is 19.